The van der Waals surface area contributed by atoms with Gasteiger partial charge in [-0.2, -0.15) is 0 Å². The Bertz CT molecular complexity index is 1450. The van der Waals surface area contributed by atoms with Gasteiger partial charge in [0.2, 0.25) is 0 Å². The summed E-state index contributed by atoms with van der Waals surface area (Å²) < 4.78 is 12.1. The van der Waals surface area contributed by atoms with Gasteiger partial charge in [0.25, 0.3) is 5.91 Å². The van der Waals surface area contributed by atoms with E-state index in [1.54, 1.807) is 59.7 Å². The molecular weight excluding hydrogens is 538 g/mol. The first-order valence-corrected chi connectivity index (χ1v) is 13.0. The molecule has 2 aliphatic rings. The van der Waals surface area contributed by atoms with Crippen molar-refractivity contribution in [1.82, 2.24) is 9.88 Å². The van der Waals surface area contributed by atoms with Gasteiger partial charge in [-0.3, -0.25) is 9.69 Å². The number of H-pyrrole nitrogens is 1. The quantitative estimate of drug-likeness (QED) is 0.346. The Hall–Kier alpha value is -3.33. The summed E-state index contributed by atoms with van der Waals surface area (Å²) in [6.45, 7) is 10.8. The predicted octanol–water partition coefficient (Wildman–Crippen LogP) is 6.25. The summed E-state index contributed by atoms with van der Waals surface area (Å²) in [6, 6.07) is 13.0. The summed E-state index contributed by atoms with van der Waals surface area (Å²) >= 11 is 3.53. The van der Waals surface area contributed by atoms with Crippen LogP contribution in [0.1, 0.15) is 58.4 Å². The van der Waals surface area contributed by atoms with Gasteiger partial charge >= 0.3 is 12.2 Å². The van der Waals surface area contributed by atoms with Crippen molar-refractivity contribution in [3.63, 3.8) is 0 Å². The molecule has 0 radical (unpaired) electrons. The number of aromatic amines is 1. The number of aromatic nitrogens is 1. The molecule has 1 spiro atoms. The number of ether oxygens (including phenoxy) is 2. The van der Waals surface area contributed by atoms with Crippen LogP contribution in [0.4, 0.5) is 15.3 Å². The summed E-state index contributed by atoms with van der Waals surface area (Å²) in [5.74, 6) is -0.590. The number of para-hydroxylation sites is 1. The highest BCUT2D eigenvalue weighted by atomic mass is 79.9. The van der Waals surface area contributed by atoms with E-state index in [4.69, 9.17) is 9.47 Å². The number of hydrogen-bond donors (Lipinski definition) is 1. The molecule has 0 bridgehead atoms. The Balaban J connectivity index is 1.81. The zero-order valence-electron chi connectivity index (χ0n) is 21.8. The van der Waals surface area contributed by atoms with Crippen molar-refractivity contribution in [1.29, 1.82) is 0 Å². The van der Waals surface area contributed by atoms with E-state index in [9.17, 15) is 14.4 Å². The number of anilines is 1. The average molecular weight is 568 g/mol. The van der Waals surface area contributed by atoms with Crippen LogP contribution in [-0.4, -0.2) is 45.7 Å². The lowest BCUT2D eigenvalue weighted by Gasteiger charge is -2.43. The lowest BCUT2D eigenvalue weighted by molar-refractivity contribution is -0.128. The molecule has 194 valence electrons. The van der Waals surface area contributed by atoms with Crippen molar-refractivity contribution in [2.75, 3.05) is 11.4 Å². The molecule has 5 rings (SSSR count). The second-order valence-electron chi connectivity index (χ2n) is 11.4. The van der Waals surface area contributed by atoms with E-state index in [0.717, 1.165) is 21.4 Å². The van der Waals surface area contributed by atoms with E-state index in [1.165, 1.54) is 4.90 Å². The fraction of sp³-hybridized carbons (Fsp3) is 0.393. The van der Waals surface area contributed by atoms with Crippen molar-refractivity contribution in [3.8, 4) is 0 Å². The molecular formula is C28H30BrN3O5. The zero-order chi connectivity index (χ0) is 26.9. The van der Waals surface area contributed by atoms with Gasteiger partial charge in [0.15, 0.2) is 5.54 Å². The number of nitrogens with zero attached hydrogens (tertiary/aromatic N) is 2. The SMILES string of the molecule is CC(C)(C)OC(=O)N1C(=O)[C@@]2(c3cc(Br)ccc31)c1[nH]c3ccccc3c1CCN2C(=O)OC(C)(C)C. The zero-order valence-corrected chi connectivity index (χ0v) is 23.4. The van der Waals surface area contributed by atoms with Crippen molar-refractivity contribution in [2.24, 2.45) is 0 Å². The summed E-state index contributed by atoms with van der Waals surface area (Å²) in [4.78, 5) is 47.8. The molecule has 8 nitrogen and oxygen atoms in total. The van der Waals surface area contributed by atoms with Crippen LogP contribution in [0.3, 0.4) is 0 Å². The third kappa shape index (κ3) is 4.00. The van der Waals surface area contributed by atoms with Gasteiger partial charge in [-0.05, 0) is 77.8 Å². The van der Waals surface area contributed by atoms with Crippen LogP contribution in [-0.2, 0) is 26.2 Å². The fourth-order valence-electron chi connectivity index (χ4n) is 5.21. The van der Waals surface area contributed by atoms with E-state index in [0.29, 0.717) is 27.8 Å². The normalized spacial score (nSPS) is 19.3. The molecule has 0 unspecified atom stereocenters. The van der Waals surface area contributed by atoms with Gasteiger partial charge in [-0.15, -0.1) is 0 Å². The number of fused-ring (bicyclic) bond motifs is 6. The minimum Gasteiger partial charge on any atom is -0.444 e. The number of halogens is 1. The van der Waals surface area contributed by atoms with Crippen LogP contribution >= 0.6 is 15.9 Å². The molecule has 0 saturated carbocycles. The molecule has 2 aliphatic heterocycles. The second kappa shape index (κ2) is 8.34. The van der Waals surface area contributed by atoms with Gasteiger partial charge in [0.05, 0.1) is 11.4 Å². The number of nitrogens with one attached hydrogen (secondary N) is 1. The summed E-state index contributed by atoms with van der Waals surface area (Å²) in [7, 11) is 0. The van der Waals surface area contributed by atoms with E-state index < -0.39 is 34.8 Å². The van der Waals surface area contributed by atoms with Gasteiger partial charge < -0.3 is 14.5 Å². The smallest absolute Gasteiger partial charge is 0.421 e. The summed E-state index contributed by atoms with van der Waals surface area (Å²) in [5.41, 5.74) is -0.0679. The number of imide groups is 1. The Labute approximate surface area is 224 Å². The standard InChI is InChI=1S/C28H30BrN3O5/c1-26(2,3)36-24(34)31-14-13-18-17-9-7-8-10-20(17)30-22(18)28(31)19-15-16(29)11-12-21(19)32(23(28)33)25(35)37-27(4,5)6/h7-12,15,30H,13-14H2,1-6H3/t28-/m1/s1. The molecule has 3 heterocycles. The van der Waals surface area contributed by atoms with Crippen molar-refractivity contribution < 1.29 is 23.9 Å². The van der Waals surface area contributed by atoms with Crippen LogP contribution < -0.4 is 4.90 Å². The van der Waals surface area contributed by atoms with Crippen molar-refractivity contribution >= 4 is 50.6 Å². The highest BCUT2D eigenvalue weighted by molar-refractivity contribution is 9.10. The lowest BCUT2D eigenvalue weighted by atomic mass is 9.80. The molecule has 3 amide bonds. The molecule has 1 atom stereocenters. The topological polar surface area (TPSA) is 91.9 Å². The maximum absolute atomic E-state index is 14.6. The van der Waals surface area contributed by atoms with Crippen molar-refractivity contribution in [2.45, 2.75) is 64.7 Å². The monoisotopic (exact) mass is 567 g/mol. The number of benzene rings is 2. The Morgan fingerprint density at radius 3 is 2.30 bits per heavy atom. The molecule has 9 heteroatoms. The molecule has 2 aromatic carbocycles. The highest BCUT2D eigenvalue weighted by Crippen LogP contribution is 2.53. The van der Waals surface area contributed by atoms with Gasteiger partial charge in [-0.25, -0.2) is 14.5 Å². The molecule has 0 fully saturated rings. The number of amides is 3. The first-order valence-electron chi connectivity index (χ1n) is 12.2. The summed E-state index contributed by atoms with van der Waals surface area (Å²) in [5, 5.41) is 0.973. The highest BCUT2D eigenvalue weighted by Gasteiger charge is 2.63. The minimum atomic E-state index is -1.65. The van der Waals surface area contributed by atoms with Crippen LogP contribution in [0.5, 0.6) is 0 Å². The maximum Gasteiger partial charge on any atom is 0.421 e. The van der Waals surface area contributed by atoms with E-state index in [1.807, 2.05) is 24.3 Å². The number of hydrogen-bond acceptors (Lipinski definition) is 5. The first kappa shape index (κ1) is 25.3. The summed E-state index contributed by atoms with van der Waals surface area (Å²) in [6.07, 6.45) is -0.920. The van der Waals surface area contributed by atoms with E-state index >= 15 is 0 Å². The van der Waals surface area contributed by atoms with E-state index in [-0.39, 0.29) is 6.54 Å². The average Bonchev–Trinajstić information content (AvgIpc) is 3.26. The Morgan fingerprint density at radius 1 is 0.973 bits per heavy atom. The van der Waals surface area contributed by atoms with Gasteiger partial charge in [-0.1, -0.05) is 34.1 Å². The predicted molar refractivity (Wildman–Crippen MR) is 144 cm³/mol. The molecule has 3 aromatic rings. The maximum atomic E-state index is 14.6. The molecule has 1 N–H and O–H groups in total. The van der Waals surface area contributed by atoms with Gasteiger partial charge in [0.1, 0.15) is 11.2 Å². The van der Waals surface area contributed by atoms with Crippen LogP contribution in [0, 0.1) is 0 Å². The third-order valence-electron chi connectivity index (χ3n) is 6.46. The number of carbonyl (C=O) groups is 3. The largest absolute Gasteiger partial charge is 0.444 e. The number of rotatable bonds is 0. The fourth-order valence-corrected chi connectivity index (χ4v) is 5.57. The number of carbonyl (C=O) groups excluding carboxylic acids is 3. The van der Waals surface area contributed by atoms with Crippen LogP contribution in [0.25, 0.3) is 10.9 Å². The Morgan fingerprint density at radius 2 is 1.62 bits per heavy atom. The van der Waals surface area contributed by atoms with Crippen LogP contribution in [0.2, 0.25) is 0 Å². The molecule has 1 aromatic heterocycles. The van der Waals surface area contributed by atoms with Crippen molar-refractivity contribution in [3.05, 3.63) is 63.8 Å². The Kier molecular flexibility index (Phi) is 5.71. The molecule has 37 heavy (non-hydrogen) atoms. The van der Waals surface area contributed by atoms with Gasteiger partial charge in [0, 0.05) is 27.5 Å². The third-order valence-corrected chi connectivity index (χ3v) is 6.95. The molecule has 0 saturated heterocycles. The lowest BCUT2D eigenvalue weighted by Crippen LogP contribution is -2.60. The second-order valence-corrected chi connectivity index (χ2v) is 12.3. The van der Waals surface area contributed by atoms with E-state index in [2.05, 4.69) is 20.9 Å². The van der Waals surface area contributed by atoms with Crippen LogP contribution in [0.15, 0.2) is 46.9 Å². The molecule has 0 aliphatic carbocycles. The minimum absolute atomic E-state index is 0.226. The first-order chi connectivity index (χ1) is 17.2.